The standard InChI is InChI=1S/C14H22N2O2S/c1-3-19-13-7-6-11(9-13)15-14(17)16(2)10-12-5-4-8-18-12/h4-5,8,11,13H,3,6-7,9-10H2,1-2H3,(H,15,17)/t11-,13-/m1/s1. The molecule has 0 aromatic carbocycles. The van der Waals surface area contributed by atoms with E-state index < -0.39 is 0 Å². The highest BCUT2D eigenvalue weighted by molar-refractivity contribution is 7.99. The summed E-state index contributed by atoms with van der Waals surface area (Å²) < 4.78 is 5.25. The number of rotatable bonds is 5. The van der Waals surface area contributed by atoms with E-state index in [0.29, 0.717) is 17.8 Å². The molecule has 5 heteroatoms. The molecule has 0 unspecified atom stereocenters. The first-order chi connectivity index (χ1) is 9.19. The molecule has 2 atom stereocenters. The molecule has 1 aromatic rings. The van der Waals surface area contributed by atoms with Gasteiger partial charge in [-0.1, -0.05) is 6.92 Å². The van der Waals surface area contributed by atoms with E-state index in [9.17, 15) is 4.79 Å². The molecule has 0 bridgehead atoms. The largest absolute Gasteiger partial charge is 0.467 e. The SMILES string of the molecule is CCS[C@@H]1CC[C@@H](NC(=O)N(C)Cc2ccco2)C1. The maximum atomic E-state index is 12.1. The molecule has 1 fully saturated rings. The van der Waals surface area contributed by atoms with E-state index in [0.717, 1.165) is 24.4 Å². The van der Waals surface area contributed by atoms with Gasteiger partial charge in [-0.05, 0) is 37.1 Å². The van der Waals surface area contributed by atoms with Gasteiger partial charge in [-0.2, -0.15) is 11.8 Å². The number of furan rings is 1. The van der Waals surface area contributed by atoms with Crippen LogP contribution in [0.15, 0.2) is 22.8 Å². The number of urea groups is 1. The molecule has 1 aliphatic carbocycles. The van der Waals surface area contributed by atoms with Crippen LogP contribution in [0.4, 0.5) is 4.79 Å². The third-order valence-electron chi connectivity index (χ3n) is 3.43. The van der Waals surface area contributed by atoms with Gasteiger partial charge in [-0.15, -0.1) is 0 Å². The minimum atomic E-state index is -0.0106. The van der Waals surface area contributed by atoms with Crippen LogP contribution in [0.2, 0.25) is 0 Å². The van der Waals surface area contributed by atoms with Gasteiger partial charge >= 0.3 is 6.03 Å². The van der Waals surface area contributed by atoms with Crippen molar-refractivity contribution >= 4 is 17.8 Å². The fourth-order valence-electron chi connectivity index (χ4n) is 2.45. The Morgan fingerprint density at radius 2 is 2.42 bits per heavy atom. The average molecular weight is 282 g/mol. The van der Waals surface area contributed by atoms with Crippen LogP contribution in [0.3, 0.4) is 0 Å². The smallest absolute Gasteiger partial charge is 0.317 e. The van der Waals surface area contributed by atoms with Gasteiger partial charge in [-0.3, -0.25) is 0 Å². The predicted octanol–water partition coefficient (Wildman–Crippen LogP) is 3.10. The van der Waals surface area contributed by atoms with Crippen molar-refractivity contribution in [2.45, 2.75) is 44.0 Å². The van der Waals surface area contributed by atoms with E-state index >= 15 is 0 Å². The number of carbonyl (C=O) groups excluding carboxylic acids is 1. The van der Waals surface area contributed by atoms with Gasteiger partial charge in [0.25, 0.3) is 0 Å². The first-order valence-electron chi connectivity index (χ1n) is 6.84. The molecule has 1 aliphatic rings. The lowest BCUT2D eigenvalue weighted by molar-refractivity contribution is 0.199. The molecule has 2 rings (SSSR count). The lowest BCUT2D eigenvalue weighted by atomic mass is 10.2. The molecule has 1 aromatic heterocycles. The zero-order valence-electron chi connectivity index (χ0n) is 11.6. The summed E-state index contributed by atoms with van der Waals surface area (Å²) in [6.45, 7) is 2.70. The minimum Gasteiger partial charge on any atom is -0.467 e. The van der Waals surface area contributed by atoms with Gasteiger partial charge < -0.3 is 14.6 Å². The third kappa shape index (κ3) is 4.20. The van der Waals surface area contributed by atoms with Gasteiger partial charge in [0.2, 0.25) is 0 Å². The highest BCUT2D eigenvalue weighted by Gasteiger charge is 2.26. The zero-order chi connectivity index (χ0) is 13.7. The number of thioether (sulfide) groups is 1. The van der Waals surface area contributed by atoms with Crippen LogP contribution in [-0.4, -0.2) is 35.0 Å². The summed E-state index contributed by atoms with van der Waals surface area (Å²) in [5.41, 5.74) is 0. The third-order valence-corrected chi connectivity index (χ3v) is 4.67. The molecular formula is C14H22N2O2S. The van der Waals surface area contributed by atoms with Crippen LogP contribution in [0, 0.1) is 0 Å². The quantitative estimate of drug-likeness (QED) is 0.902. The molecular weight excluding hydrogens is 260 g/mol. The minimum absolute atomic E-state index is 0.0106. The molecule has 19 heavy (non-hydrogen) atoms. The lowest BCUT2D eigenvalue weighted by Crippen LogP contribution is -2.41. The Morgan fingerprint density at radius 1 is 1.58 bits per heavy atom. The van der Waals surface area contributed by atoms with Crippen molar-refractivity contribution in [1.29, 1.82) is 0 Å². The van der Waals surface area contributed by atoms with Crippen molar-refractivity contribution in [3.63, 3.8) is 0 Å². The molecule has 1 saturated carbocycles. The van der Waals surface area contributed by atoms with Gasteiger partial charge in [0, 0.05) is 18.3 Å². The van der Waals surface area contributed by atoms with Gasteiger partial charge in [0.05, 0.1) is 12.8 Å². The van der Waals surface area contributed by atoms with Crippen LogP contribution in [0.1, 0.15) is 31.9 Å². The van der Waals surface area contributed by atoms with Gasteiger partial charge in [-0.25, -0.2) is 4.79 Å². The van der Waals surface area contributed by atoms with E-state index in [4.69, 9.17) is 4.42 Å². The van der Waals surface area contributed by atoms with Gasteiger partial charge in [0.15, 0.2) is 0 Å². The zero-order valence-corrected chi connectivity index (χ0v) is 12.4. The fourth-order valence-corrected chi connectivity index (χ4v) is 3.59. The van der Waals surface area contributed by atoms with E-state index in [1.807, 2.05) is 23.9 Å². The lowest BCUT2D eigenvalue weighted by Gasteiger charge is -2.20. The highest BCUT2D eigenvalue weighted by atomic mass is 32.2. The van der Waals surface area contributed by atoms with E-state index in [1.165, 1.54) is 6.42 Å². The molecule has 0 aliphatic heterocycles. The molecule has 106 valence electrons. The molecule has 4 nitrogen and oxygen atoms in total. The number of nitrogens with zero attached hydrogens (tertiary/aromatic N) is 1. The van der Waals surface area contributed by atoms with Crippen molar-refractivity contribution < 1.29 is 9.21 Å². The Balaban J connectivity index is 1.75. The van der Waals surface area contributed by atoms with Crippen molar-refractivity contribution in [1.82, 2.24) is 10.2 Å². The second kappa shape index (κ2) is 6.89. The summed E-state index contributed by atoms with van der Waals surface area (Å²) in [5.74, 6) is 1.97. The van der Waals surface area contributed by atoms with Crippen LogP contribution in [0.25, 0.3) is 0 Å². The Hall–Kier alpha value is -1.10. The Labute approximate surface area is 118 Å². The summed E-state index contributed by atoms with van der Waals surface area (Å²) in [4.78, 5) is 13.7. The molecule has 1 N–H and O–H groups in total. The number of carbonyl (C=O) groups is 1. The number of amides is 2. The van der Waals surface area contributed by atoms with E-state index in [-0.39, 0.29) is 6.03 Å². The summed E-state index contributed by atoms with van der Waals surface area (Å²) in [6.07, 6.45) is 5.03. The van der Waals surface area contributed by atoms with Crippen molar-refractivity contribution in [3.8, 4) is 0 Å². The van der Waals surface area contributed by atoms with Gasteiger partial charge in [0.1, 0.15) is 5.76 Å². The monoisotopic (exact) mass is 282 g/mol. The summed E-state index contributed by atoms with van der Waals surface area (Å²) in [7, 11) is 1.80. The number of hydrogen-bond donors (Lipinski definition) is 1. The topological polar surface area (TPSA) is 45.5 Å². The van der Waals surface area contributed by atoms with E-state index in [2.05, 4.69) is 12.2 Å². The van der Waals surface area contributed by atoms with Crippen molar-refractivity contribution in [2.75, 3.05) is 12.8 Å². The molecule has 0 spiro atoms. The number of hydrogen-bond acceptors (Lipinski definition) is 3. The average Bonchev–Trinajstić information content (AvgIpc) is 3.02. The second-order valence-electron chi connectivity index (χ2n) is 4.97. The Bertz CT molecular complexity index is 394. The number of nitrogens with one attached hydrogen (secondary N) is 1. The second-order valence-corrected chi connectivity index (χ2v) is 6.55. The molecule has 0 radical (unpaired) electrons. The normalized spacial score (nSPS) is 22.4. The van der Waals surface area contributed by atoms with Crippen molar-refractivity contribution in [2.24, 2.45) is 0 Å². The first-order valence-corrected chi connectivity index (χ1v) is 7.89. The molecule has 0 saturated heterocycles. The molecule has 2 amide bonds. The maximum absolute atomic E-state index is 12.1. The molecule has 1 heterocycles. The first kappa shape index (κ1) is 14.3. The van der Waals surface area contributed by atoms with Crippen LogP contribution in [-0.2, 0) is 6.54 Å². The maximum Gasteiger partial charge on any atom is 0.317 e. The van der Waals surface area contributed by atoms with Crippen LogP contribution >= 0.6 is 11.8 Å². The summed E-state index contributed by atoms with van der Waals surface area (Å²) in [6, 6.07) is 4.04. The Morgan fingerprint density at radius 3 is 3.11 bits per heavy atom. The highest BCUT2D eigenvalue weighted by Crippen LogP contribution is 2.29. The van der Waals surface area contributed by atoms with Crippen molar-refractivity contribution in [3.05, 3.63) is 24.2 Å². The van der Waals surface area contributed by atoms with Crippen LogP contribution < -0.4 is 5.32 Å². The predicted molar refractivity (Wildman–Crippen MR) is 78.3 cm³/mol. The van der Waals surface area contributed by atoms with E-state index in [1.54, 1.807) is 18.2 Å². The summed E-state index contributed by atoms with van der Waals surface area (Å²) >= 11 is 2.00. The Kier molecular flexibility index (Phi) is 5.19. The fraction of sp³-hybridized carbons (Fsp3) is 0.643. The summed E-state index contributed by atoms with van der Waals surface area (Å²) in [5, 5.41) is 3.83. The van der Waals surface area contributed by atoms with Crippen LogP contribution in [0.5, 0.6) is 0 Å².